The molecule has 4 heteroatoms. The van der Waals surface area contributed by atoms with Crippen molar-refractivity contribution in [1.29, 1.82) is 0 Å². The first kappa shape index (κ1) is 12.1. The summed E-state index contributed by atoms with van der Waals surface area (Å²) in [6, 6.07) is 0. The maximum atomic E-state index is 11.8. The zero-order valence-electron chi connectivity index (χ0n) is 10.6. The third kappa shape index (κ3) is 2.68. The van der Waals surface area contributed by atoms with Crippen molar-refractivity contribution in [2.75, 3.05) is 6.61 Å². The molecule has 0 aromatic carbocycles. The van der Waals surface area contributed by atoms with Crippen LogP contribution in [0.4, 0.5) is 0 Å². The SMILES string of the molecule is CCOC(=O)c1cn(C)nc1C1CCCCC1. The predicted molar refractivity (Wildman–Crippen MR) is 65.0 cm³/mol. The number of hydrogen-bond acceptors (Lipinski definition) is 3. The van der Waals surface area contributed by atoms with Gasteiger partial charge in [0.2, 0.25) is 0 Å². The minimum atomic E-state index is -0.235. The molecule has 2 rings (SSSR count). The van der Waals surface area contributed by atoms with Crippen LogP contribution in [0, 0.1) is 0 Å². The van der Waals surface area contributed by atoms with E-state index in [0.29, 0.717) is 18.1 Å². The quantitative estimate of drug-likeness (QED) is 0.758. The normalized spacial score (nSPS) is 17.1. The third-order valence-electron chi connectivity index (χ3n) is 3.34. The maximum absolute atomic E-state index is 11.8. The maximum Gasteiger partial charge on any atom is 0.341 e. The Morgan fingerprint density at radius 3 is 2.82 bits per heavy atom. The van der Waals surface area contributed by atoms with Crippen molar-refractivity contribution in [3.63, 3.8) is 0 Å². The van der Waals surface area contributed by atoms with E-state index in [9.17, 15) is 4.79 Å². The summed E-state index contributed by atoms with van der Waals surface area (Å²) in [5.74, 6) is 0.200. The average molecular weight is 236 g/mol. The number of nitrogens with zero attached hydrogens (tertiary/aromatic N) is 2. The Labute approximate surface area is 102 Å². The van der Waals surface area contributed by atoms with Gasteiger partial charge in [-0.3, -0.25) is 4.68 Å². The first-order chi connectivity index (χ1) is 8.22. The van der Waals surface area contributed by atoms with Crippen molar-refractivity contribution in [3.05, 3.63) is 17.5 Å². The Morgan fingerprint density at radius 1 is 1.47 bits per heavy atom. The van der Waals surface area contributed by atoms with E-state index in [0.717, 1.165) is 18.5 Å². The highest BCUT2D eigenvalue weighted by Crippen LogP contribution is 2.33. The van der Waals surface area contributed by atoms with Gasteiger partial charge in [-0.05, 0) is 19.8 Å². The Kier molecular flexibility index (Phi) is 3.82. The summed E-state index contributed by atoms with van der Waals surface area (Å²) in [7, 11) is 1.86. The number of aryl methyl sites for hydroxylation is 1. The van der Waals surface area contributed by atoms with Gasteiger partial charge in [-0.25, -0.2) is 4.79 Å². The molecule has 1 aliphatic carbocycles. The highest BCUT2D eigenvalue weighted by molar-refractivity contribution is 5.90. The molecule has 0 N–H and O–H groups in total. The first-order valence-electron chi connectivity index (χ1n) is 6.43. The van der Waals surface area contributed by atoms with Crippen molar-refractivity contribution < 1.29 is 9.53 Å². The van der Waals surface area contributed by atoms with Crippen LogP contribution in [-0.4, -0.2) is 22.4 Å². The highest BCUT2D eigenvalue weighted by atomic mass is 16.5. The Balaban J connectivity index is 2.22. The van der Waals surface area contributed by atoms with Crippen molar-refractivity contribution in [2.45, 2.75) is 44.9 Å². The van der Waals surface area contributed by atoms with Crippen LogP contribution in [0.3, 0.4) is 0 Å². The van der Waals surface area contributed by atoms with Gasteiger partial charge in [-0.2, -0.15) is 5.10 Å². The number of aromatic nitrogens is 2. The molecule has 1 aromatic rings. The second-order valence-electron chi connectivity index (χ2n) is 4.66. The van der Waals surface area contributed by atoms with E-state index in [4.69, 9.17) is 4.74 Å². The largest absolute Gasteiger partial charge is 0.462 e. The van der Waals surface area contributed by atoms with E-state index in [1.807, 2.05) is 14.0 Å². The lowest BCUT2D eigenvalue weighted by Gasteiger charge is -2.20. The molecule has 0 amide bonds. The summed E-state index contributed by atoms with van der Waals surface area (Å²) >= 11 is 0. The summed E-state index contributed by atoms with van der Waals surface area (Å²) in [4.78, 5) is 11.8. The van der Waals surface area contributed by atoms with Crippen molar-refractivity contribution >= 4 is 5.97 Å². The van der Waals surface area contributed by atoms with Gasteiger partial charge in [0, 0.05) is 19.2 Å². The van der Waals surface area contributed by atoms with Gasteiger partial charge in [0.15, 0.2) is 0 Å². The van der Waals surface area contributed by atoms with E-state index in [-0.39, 0.29) is 5.97 Å². The molecule has 4 nitrogen and oxygen atoms in total. The Morgan fingerprint density at radius 2 is 2.18 bits per heavy atom. The standard InChI is InChI=1S/C13H20N2O2/c1-3-17-13(16)11-9-15(2)14-12(11)10-7-5-4-6-8-10/h9-10H,3-8H2,1-2H3. The van der Waals surface area contributed by atoms with Gasteiger partial charge in [0.25, 0.3) is 0 Å². The summed E-state index contributed by atoms with van der Waals surface area (Å²) in [5, 5.41) is 4.45. The molecule has 94 valence electrons. The van der Waals surface area contributed by atoms with Crippen LogP contribution in [0.25, 0.3) is 0 Å². The molecular weight excluding hydrogens is 216 g/mol. The van der Waals surface area contributed by atoms with Crippen LogP contribution in [0.15, 0.2) is 6.20 Å². The fourth-order valence-electron chi connectivity index (χ4n) is 2.55. The molecule has 0 radical (unpaired) electrons. The first-order valence-corrected chi connectivity index (χ1v) is 6.43. The number of ether oxygens (including phenoxy) is 1. The number of rotatable bonds is 3. The van der Waals surface area contributed by atoms with Crippen LogP contribution in [0.2, 0.25) is 0 Å². The minimum Gasteiger partial charge on any atom is -0.462 e. The monoisotopic (exact) mass is 236 g/mol. The van der Waals surface area contributed by atoms with E-state index in [1.54, 1.807) is 10.9 Å². The average Bonchev–Trinajstić information content (AvgIpc) is 2.73. The van der Waals surface area contributed by atoms with Crippen LogP contribution in [-0.2, 0) is 11.8 Å². The highest BCUT2D eigenvalue weighted by Gasteiger charge is 2.25. The van der Waals surface area contributed by atoms with E-state index >= 15 is 0 Å². The molecule has 0 unspecified atom stereocenters. The zero-order valence-corrected chi connectivity index (χ0v) is 10.6. The molecule has 0 spiro atoms. The van der Waals surface area contributed by atoms with Crippen LogP contribution in [0.5, 0.6) is 0 Å². The fraction of sp³-hybridized carbons (Fsp3) is 0.692. The second-order valence-corrected chi connectivity index (χ2v) is 4.66. The number of carbonyl (C=O) groups excluding carboxylic acids is 1. The second kappa shape index (κ2) is 5.34. The number of esters is 1. The van der Waals surface area contributed by atoms with Crippen molar-refractivity contribution in [2.24, 2.45) is 7.05 Å². The minimum absolute atomic E-state index is 0.235. The molecule has 0 saturated heterocycles. The lowest BCUT2D eigenvalue weighted by Crippen LogP contribution is -2.12. The lowest BCUT2D eigenvalue weighted by molar-refractivity contribution is 0.0524. The Bertz CT molecular complexity index is 392. The summed E-state index contributed by atoms with van der Waals surface area (Å²) in [5.41, 5.74) is 1.59. The topological polar surface area (TPSA) is 44.1 Å². The fourth-order valence-corrected chi connectivity index (χ4v) is 2.55. The molecule has 1 heterocycles. The number of hydrogen-bond donors (Lipinski definition) is 0. The summed E-state index contributed by atoms with van der Waals surface area (Å²) < 4.78 is 6.80. The molecule has 0 atom stereocenters. The predicted octanol–water partition coefficient (Wildman–Crippen LogP) is 2.64. The van der Waals surface area contributed by atoms with Gasteiger partial charge in [-0.15, -0.1) is 0 Å². The van der Waals surface area contributed by atoms with E-state index in [1.165, 1.54) is 19.3 Å². The smallest absolute Gasteiger partial charge is 0.341 e. The van der Waals surface area contributed by atoms with Gasteiger partial charge in [0.1, 0.15) is 5.56 Å². The molecule has 0 bridgehead atoms. The molecule has 1 aliphatic rings. The Hall–Kier alpha value is -1.32. The van der Waals surface area contributed by atoms with Gasteiger partial charge < -0.3 is 4.74 Å². The van der Waals surface area contributed by atoms with Gasteiger partial charge in [0.05, 0.1) is 12.3 Å². The van der Waals surface area contributed by atoms with Crippen LogP contribution >= 0.6 is 0 Å². The van der Waals surface area contributed by atoms with E-state index < -0.39 is 0 Å². The van der Waals surface area contributed by atoms with Gasteiger partial charge in [-0.1, -0.05) is 19.3 Å². The summed E-state index contributed by atoms with van der Waals surface area (Å²) in [6.07, 6.45) is 7.85. The zero-order chi connectivity index (χ0) is 12.3. The third-order valence-corrected chi connectivity index (χ3v) is 3.34. The van der Waals surface area contributed by atoms with Crippen LogP contribution < -0.4 is 0 Å². The lowest BCUT2D eigenvalue weighted by atomic mass is 9.85. The van der Waals surface area contributed by atoms with Crippen molar-refractivity contribution in [1.82, 2.24) is 9.78 Å². The van der Waals surface area contributed by atoms with Crippen LogP contribution in [0.1, 0.15) is 61.0 Å². The number of carbonyl (C=O) groups is 1. The van der Waals surface area contributed by atoms with E-state index in [2.05, 4.69) is 5.10 Å². The van der Waals surface area contributed by atoms with Gasteiger partial charge >= 0.3 is 5.97 Å². The molecule has 0 aliphatic heterocycles. The molecule has 1 fully saturated rings. The molecular formula is C13H20N2O2. The van der Waals surface area contributed by atoms with Crippen molar-refractivity contribution in [3.8, 4) is 0 Å². The molecule has 1 aromatic heterocycles. The molecule has 17 heavy (non-hydrogen) atoms. The summed E-state index contributed by atoms with van der Waals surface area (Å²) in [6.45, 7) is 2.24. The molecule has 1 saturated carbocycles.